The van der Waals surface area contributed by atoms with Crippen molar-refractivity contribution in [1.82, 2.24) is 15.4 Å². The average molecular weight is 368 g/mol. The highest BCUT2D eigenvalue weighted by molar-refractivity contribution is 6.23. The molecule has 6 heteroatoms. The van der Waals surface area contributed by atoms with Crippen LogP contribution in [0.2, 0.25) is 0 Å². The van der Waals surface area contributed by atoms with E-state index in [2.05, 4.69) is 10.5 Å². The maximum absolute atomic E-state index is 13.4. The summed E-state index contributed by atoms with van der Waals surface area (Å²) < 4.78 is 13.4. The van der Waals surface area contributed by atoms with Crippen LogP contribution in [-0.2, 0) is 0 Å². The van der Waals surface area contributed by atoms with Crippen LogP contribution >= 0.6 is 0 Å². The van der Waals surface area contributed by atoms with Gasteiger partial charge in [0.2, 0.25) is 0 Å². The van der Waals surface area contributed by atoms with Gasteiger partial charge in [-0.3, -0.25) is 4.79 Å². The maximum Gasteiger partial charge on any atom is 0.271 e. The monoisotopic (exact) mass is 368 g/mol. The summed E-state index contributed by atoms with van der Waals surface area (Å²) in [5.74, 6) is -0.971. The highest BCUT2D eigenvalue weighted by Gasteiger charge is 2.28. The molecule has 0 atom stereocenters. The molecule has 1 heterocycles. The molecule has 5 rings (SSSR count). The Hall–Kier alpha value is -3.93. The summed E-state index contributed by atoms with van der Waals surface area (Å²) in [6.45, 7) is 0. The van der Waals surface area contributed by atoms with Gasteiger partial charge in [0.05, 0.1) is 16.7 Å². The minimum Gasteiger partial charge on any atom is -0.267 e. The summed E-state index contributed by atoms with van der Waals surface area (Å²) in [7, 11) is 0. The van der Waals surface area contributed by atoms with Crippen molar-refractivity contribution in [2.24, 2.45) is 5.10 Å². The molecule has 1 aliphatic rings. The quantitative estimate of drug-likeness (QED) is 0.480. The van der Waals surface area contributed by atoms with Gasteiger partial charge < -0.3 is 0 Å². The first-order valence-corrected chi connectivity index (χ1v) is 8.71. The Morgan fingerprint density at radius 2 is 1.50 bits per heavy atom. The predicted molar refractivity (Wildman–Crippen MR) is 104 cm³/mol. The van der Waals surface area contributed by atoms with Gasteiger partial charge in [-0.2, -0.15) is 5.10 Å². The Labute approximate surface area is 159 Å². The van der Waals surface area contributed by atoms with E-state index in [1.165, 1.54) is 24.3 Å². The Balaban J connectivity index is 1.61. The van der Waals surface area contributed by atoms with E-state index in [0.717, 1.165) is 27.9 Å². The van der Waals surface area contributed by atoms with Crippen molar-refractivity contribution in [2.75, 3.05) is 0 Å². The summed E-state index contributed by atoms with van der Waals surface area (Å²) >= 11 is 0. The highest BCUT2D eigenvalue weighted by Crippen LogP contribution is 2.35. The Bertz CT molecular complexity index is 1280. The van der Waals surface area contributed by atoms with Gasteiger partial charge in [0.15, 0.2) is 0 Å². The second kappa shape index (κ2) is 6.35. The van der Waals surface area contributed by atoms with Crippen LogP contribution < -0.4 is 5.43 Å². The van der Waals surface area contributed by atoms with Gasteiger partial charge in [-0.25, -0.2) is 19.8 Å². The van der Waals surface area contributed by atoms with Crippen LogP contribution in [0.25, 0.3) is 22.3 Å². The first-order valence-electron chi connectivity index (χ1n) is 8.71. The summed E-state index contributed by atoms with van der Waals surface area (Å²) in [4.78, 5) is 21.8. The smallest absolute Gasteiger partial charge is 0.267 e. The first kappa shape index (κ1) is 16.3. The molecular weight excluding hydrogens is 355 g/mol. The standard InChI is InChI=1S/C22H13FN4O/c23-14-7-5-6-13(12-14)22(28)27-26-20-16-9-2-1-8-15(16)19-21(20)25-18-11-4-3-10-17(18)24-19/h1-12H,(H,27,28)/b26-20-. The minimum absolute atomic E-state index is 0.195. The Kier molecular flexibility index (Phi) is 3.69. The lowest BCUT2D eigenvalue weighted by Crippen LogP contribution is -2.20. The largest absolute Gasteiger partial charge is 0.271 e. The van der Waals surface area contributed by atoms with Crippen LogP contribution in [0, 0.1) is 5.82 Å². The van der Waals surface area contributed by atoms with E-state index < -0.39 is 11.7 Å². The van der Waals surface area contributed by atoms with Gasteiger partial charge >= 0.3 is 0 Å². The Morgan fingerprint density at radius 1 is 0.821 bits per heavy atom. The van der Waals surface area contributed by atoms with Gasteiger partial charge in [0.25, 0.3) is 5.91 Å². The SMILES string of the molecule is O=C(N/N=C1/c2ccccc2-c2nc3ccccc3nc21)c1cccc(F)c1. The molecule has 1 N–H and O–H groups in total. The van der Waals surface area contributed by atoms with Crippen LogP contribution in [0.4, 0.5) is 4.39 Å². The zero-order chi connectivity index (χ0) is 19.1. The number of fused-ring (bicyclic) bond motifs is 4. The van der Waals surface area contributed by atoms with Gasteiger partial charge in [-0.1, -0.05) is 42.5 Å². The fourth-order valence-electron chi connectivity index (χ4n) is 3.29. The molecule has 5 nitrogen and oxygen atoms in total. The number of nitrogens with zero attached hydrogens (tertiary/aromatic N) is 3. The molecule has 4 aromatic rings. The molecular formula is C22H13FN4O. The van der Waals surface area contributed by atoms with Crippen molar-refractivity contribution in [2.45, 2.75) is 0 Å². The zero-order valence-electron chi connectivity index (χ0n) is 14.6. The van der Waals surface area contributed by atoms with Gasteiger partial charge in [-0.15, -0.1) is 0 Å². The summed E-state index contributed by atoms with van der Waals surface area (Å²) in [5.41, 5.74) is 7.88. The molecule has 0 fully saturated rings. The van der Waals surface area contributed by atoms with Crippen molar-refractivity contribution < 1.29 is 9.18 Å². The molecule has 0 aliphatic heterocycles. The van der Waals surface area contributed by atoms with Crippen LogP contribution in [0.3, 0.4) is 0 Å². The minimum atomic E-state index is -0.494. The van der Waals surface area contributed by atoms with Gasteiger partial charge in [0.1, 0.15) is 17.2 Å². The lowest BCUT2D eigenvalue weighted by Gasteiger charge is -2.04. The molecule has 0 radical (unpaired) electrons. The number of para-hydroxylation sites is 2. The van der Waals surface area contributed by atoms with E-state index in [1.807, 2.05) is 48.5 Å². The number of rotatable bonds is 2. The number of benzene rings is 3. The van der Waals surface area contributed by atoms with E-state index >= 15 is 0 Å². The number of hydrogen-bond donors (Lipinski definition) is 1. The van der Waals surface area contributed by atoms with E-state index in [9.17, 15) is 9.18 Å². The number of carbonyl (C=O) groups excluding carboxylic acids is 1. The van der Waals surface area contributed by atoms with Gasteiger partial charge in [0, 0.05) is 16.7 Å². The molecule has 1 amide bonds. The molecule has 134 valence electrons. The third-order valence-corrected chi connectivity index (χ3v) is 4.59. The molecule has 0 saturated carbocycles. The number of halogens is 1. The van der Waals surface area contributed by atoms with E-state index in [0.29, 0.717) is 11.4 Å². The highest BCUT2D eigenvalue weighted by atomic mass is 19.1. The number of carbonyl (C=O) groups is 1. The summed E-state index contributed by atoms with van der Waals surface area (Å²) in [5, 5.41) is 4.31. The van der Waals surface area contributed by atoms with E-state index in [-0.39, 0.29) is 5.56 Å². The lowest BCUT2D eigenvalue weighted by molar-refractivity contribution is 0.0954. The van der Waals surface area contributed by atoms with Crippen LogP contribution in [0.1, 0.15) is 21.6 Å². The zero-order valence-corrected chi connectivity index (χ0v) is 14.6. The molecule has 3 aromatic carbocycles. The fraction of sp³-hybridized carbons (Fsp3) is 0. The number of amides is 1. The first-order chi connectivity index (χ1) is 13.7. The average Bonchev–Trinajstić information content (AvgIpc) is 3.03. The van der Waals surface area contributed by atoms with Crippen LogP contribution in [0.15, 0.2) is 77.9 Å². The van der Waals surface area contributed by atoms with E-state index in [1.54, 1.807) is 0 Å². The molecule has 1 aliphatic carbocycles. The normalized spacial score (nSPS) is 13.4. The summed E-state index contributed by atoms with van der Waals surface area (Å²) in [6.07, 6.45) is 0. The number of aromatic nitrogens is 2. The third-order valence-electron chi connectivity index (χ3n) is 4.59. The number of hydrogen-bond acceptors (Lipinski definition) is 4. The third kappa shape index (κ3) is 2.63. The molecule has 0 unspecified atom stereocenters. The Morgan fingerprint density at radius 3 is 2.25 bits per heavy atom. The molecule has 0 spiro atoms. The maximum atomic E-state index is 13.4. The second-order valence-corrected chi connectivity index (χ2v) is 6.37. The van der Waals surface area contributed by atoms with Crippen molar-refractivity contribution in [3.63, 3.8) is 0 Å². The van der Waals surface area contributed by atoms with Crippen molar-refractivity contribution >= 4 is 22.7 Å². The fourth-order valence-corrected chi connectivity index (χ4v) is 3.29. The van der Waals surface area contributed by atoms with E-state index in [4.69, 9.17) is 9.97 Å². The molecule has 28 heavy (non-hydrogen) atoms. The number of nitrogens with one attached hydrogen (secondary N) is 1. The molecule has 0 saturated heterocycles. The molecule has 0 bridgehead atoms. The predicted octanol–water partition coefficient (Wildman–Crippen LogP) is 3.93. The van der Waals surface area contributed by atoms with Gasteiger partial charge in [-0.05, 0) is 30.3 Å². The van der Waals surface area contributed by atoms with Crippen LogP contribution in [0.5, 0.6) is 0 Å². The topological polar surface area (TPSA) is 67.2 Å². The summed E-state index contributed by atoms with van der Waals surface area (Å²) in [6, 6.07) is 20.8. The van der Waals surface area contributed by atoms with Crippen LogP contribution in [-0.4, -0.2) is 21.6 Å². The lowest BCUT2D eigenvalue weighted by atomic mass is 10.1. The molecule has 1 aromatic heterocycles. The van der Waals surface area contributed by atoms with Crippen molar-refractivity contribution in [3.05, 3.63) is 95.4 Å². The van der Waals surface area contributed by atoms with Crippen molar-refractivity contribution in [3.8, 4) is 11.3 Å². The second-order valence-electron chi connectivity index (χ2n) is 6.37. The number of hydrazone groups is 1. The van der Waals surface area contributed by atoms with Crippen molar-refractivity contribution in [1.29, 1.82) is 0 Å².